The molecule has 0 aromatic rings. The molecular weight excluding hydrogens is 376 g/mol. The van der Waals surface area contributed by atoms with E-state index < -0.39 is 0 Å². The van der Waals surface area contributed by atoms with Crippen LogP contribution in [0.15, 0.2) is 59.1 Å². The minimum absolute atomic E-state index is 0.0351. The molecule has 0 saturated carbocycles. The summed E-state index contributed by atoms with van der Waals surface area (Å²) in [5.74, 6) is -0.736. The maximum atomic E-state index is 12.5. The standard InChI is InChI=1S/C26H38O4/c1-5-6-7-8-9-10-11-12-13-14-15-16-17-18-19-20-22-21(2)23(27)25(29-3)26(30-4)24(22)28/h15-20H,5-14H2,1-4H3. The zero-order chi connectivity index (χ0) is 22.2. The average molecular weight is 415 g/mol. The molecule has 0 aliphatic heterocycles. The van der Waals surface area contributed by atoms with E-state index in [0.717, 1.165) is 6.42 Å². The molecule has 0 fully saturated rings. The van der Waals surface area contributed by atoms with Crippen molar-refractivity contribution in [3.63, 3.8) is 0 Å². The normalized spacial score (nSPS) is 15.5. The molecule has 0 amide bonds. The molecule has 0 saturated heterocycles. The molecule has 0 aromatic carbocycles. The molecule has 166 valence electrons. The summed E-state index contributed by atoms with van der Waals surface area (Å²) in [7, 11) is 2.72. The van der Waals surface area contributed by atoms with Crippen molar-refractivity contribution in [2.24, 2.45) is 0 Å². The lowest BCUT2D eigenvalue weighted by Gasteiger charge is -2.18. The highest BCUT2D eigenvalue weighted by atomic mass is 16.5. The summed E-state index contributed by atoms with van der Waals surface area (Å²) in [5, 5.41) is 0. The second kappa shape index (κ2) is 15.5. The number of allylic oxidation sites excluding steroid dienone is 8. The lowest BCUT2D eigenvalue weighted by Crippen LogP contribution is -2.24. The third-order valence-corrected chi connectivity index (χ3v) is 5.22. The molecule has 0 bridgehead atoms. The van der Waals surface area contributed by atoms with Crippen molar-refractivity contribution < 1.29 is 19.1 Å². The van der Waals surface area contributed by atoms with Gasteiger partial charge in [0.25, 0.3) is 0 Å². The van der Waals surface area contributed by atoms with E-state index >= 15 is 0 Å². The first-order valence-electron chi connectivity index (χ1n) is 11.2. The zero-order valence-corrected chi connectivity index (χ0v) is 19.2. The van der Waals surface area contributed by atoms with Gasteiger partial charge in [-0.25, -0.2) is 0 Å². The number of carbonyl (C=O) groups excluding carboxylic acids is 2. The predicted octanol–water partition coefficient (Wildman–Crippen LogP) is 6.55. The van der Waals surface area contributed by atoms with Crippen LogP contribution < -0.4 is 0 Å². The Kier molecular flexibility index (Phi) is 13.2. The van der Waals surface area contributed by atoms with Crippen LogP contribution in [-0.4, -0.2) is 25.8 Å². The minimum Gasteiger partial charge on any atom is -0.489 e. The number of ether oxygens (including phenoxy) is 2. The second-order valence-corrected chi connectivity index (χ2v) is 7.55. The van der Waals surface area contributed by atoms with Gasteiger partial charge in [0.1, 0.15) is 0 Å². The fourth-order valence-electron chi connectivity index (χ4n) is 3.39. The molecule has 4 nitrogen and oxygen atoms in total. The summed E-state index contributed by atoms with van der Waals surface area (Å²) in [6, 6.07) is 0. The molecule has 4 heteroatoms. The van der Waals surface area contributed by atoms with Crippen molar-refractivity contribution in [1.29, 1.82) is 0 Å². The summed E-state index contributed by atoms with van der Waals surface area (Å²) in [4.78, 5) is 24.8. The second-order valence-electron chi connectivity index (χ2n) is 7.55. The molecule has 0 unspecified atom stereocenters. The lowest BCUT2D eigenvalue weighted by molar-refractivity contribution is -0.120. The molecule has 1 aliphatic rings. The first kappa shape index (κ1) is 25.7. The van der Waals surface area contributed by atoms with Crippen molar-refractivity contribution in [2.75, 3.05) is 14.2 Å². The number of Topliss-reactive ketones (excluding diaryl/α,β-unsaturated/α-hetero) is 2. The van der Waals surface area contributed by atoms with Crippen LogP contribution in [0.5, 0.6) is 0 Å². The Morgan fingerprint density at radius 2 is 1.23 bits per heavy atom. The van der Waals surface area contributed by atoms with Crippen LogP contribution in [0.2, 0.25) is 0 Å². The molecular formula is C26H38O4. The number of rotatable bonds is 15. The summed E-state index contributed by atoms with van der Waals surface area (Å²) in [5.41, 5.74) is 0.698. The topological polar surface area (TPSA) is 52.6 Å². The molecule has 0 N–H and O–H groups in total. The number of unbranched alkanes of at least 4 members (excludes halogenated alkanes) is 9. The van der Waals surface area contributed by atoms with E-state index in [1.165, 1.54) is 72.0 Å². The van der Waals surface area contributed by atoms with Crippen LogP contribution in [0.1, 0.15) is 78.1 Å². The maximum absolute atomic E-state index is 12.5. The quantitative estimate of drug-likeness (QED) is 0.173. The molecule has 30 heavy (non-hydrogen) atoms. The number of hydrogen-bond acceptors (Lipinski definition) is 4. The van der Waals surface area contributed by atoms with Gasteiger partial charge in [0.2, 0.25) is 23.1 Å². The average Bonchev–Trinajstić information content (AvgIpc) is 2.75. The SMILES string of the molecule is CCCCCCCCCCCC=CC=CC=CC1=C(C)C(=O)C(OC)=C(OC)C1=O. The summed E-state index contributed by atoms with van der Waals surface area (Å²) in [6.45, 7) is 3.88. The van der Waals surface area contributed by atoms with Gasteiger partial charge in [-0.15, -0.1) is 0 Å². The maximum Gasteiger partial charge on any atom is 0.232 e. The van der Waals surface area contributed by atoms with Crippen LogP contribution >= 0.6 is 0 Å². The van der Waals surface area contributed by atoms with E-state index in [0.29, 0.717) is 11.1 Å². The van der Waals surface area contributed by atoms with Gasteiger partial charge >= 0.3 is 0 Å². The van der Waals surface area contributed by atoms with Gasteiger partial charge in [-0.2, -0.15) is 0 Å². The van der Waals surface area contributed by atoms with Crippen LogP contribution in [0, 0.1) is 0 Å². The Balaban J connectivity index is 2.33. The van der Waals surface area contributed by atoms with Crippen molar-refractivity contribution in [1.82, 2.24) is 0 Å². The van der Waals surface area contributed by atoms with Crippen molar-refractivity contribution in [3.8, 4) is 0 Å². The number of hydrogen-bond donors (Lipinski definition) is 0. The van der Waals surface area contributed by atoms with Crippen molar-refractivity contribution in [3.05, 3.63) is 59.1 Å². The van der Waals surface area contributed by atoms with Crippen LogP contribution in [0.25, 0.3) is 0 Å². The van der Waals surface area contributed by atoms with E-state index in [-0.39, 0.29) is 23.1 Å². The Bertz CT molecular complexity index is 705. The molecule has 0 heterocycles. The third-order valence-electron chi connectivity index (χ3n) is 5.22. The highest BCUT2D eigenvalue weighted by Crippen LogP contribution is 2.26. The molecule has 0 atom stereocenters. The molecule has 0 spiro atoms. The lowest BCUT2D eigenvalue weighted by atomic mass is 9.93. The first-order valence-corrected chi connectivity index (χ1v) is 11.2. The summed E-state index contributed by atoms with van der Waals surface area (Å²) in [6.07, 6.45) is 24.5. The fourth-order valence-corrected chi connectivity index (χ4v) is 3.39. The Morgan fingerprint density at radius 1 is 0.700 bits per heavy atom. The predicted molar refractivity (Wildman–Crippen MR) is 123 cm³/mol. The summed E-state index contributed by atoms with van der Waals surface area (Å²) >= 11 is 0. The highest BCUT2D eigenvalue weighted by Gasteiger charge is 2.33. The van der Waals surface area contributed by atoms with Gasteiger partial charge < -0.3 is 9.47 Å². The molecule has 1 rings (SSSR count). The van der Waals surface area contributed by atoms with E-state index in [4.69, 9.17) is 9.47 Å². The van der Waals surface area contributed by atoms with Crippen molar-refractivity contribution >= 4 is 11.6 Å². The first-order chi connectivity index (χ1) is 14.6. The van der Waals surface area contributed by atoms with Crippen molar-refractivity contribution in [2.45, 2.75) is 78.1 Å². The van der Waals surface area contributed by atoms with Gasteiger partial charge in [0.05, 0.1) is 14.2 Å². The van der Waals surface area contributed by atoms with E-state index in [2.05, 4.69) is 13.0 Å². The van der Waals surface area contributed by atoms with Gasteiger partial charge in [-0.1, -0.05) is 94.7 Å². The number of methoxy groups -OCH3 is 2. The monoisotopic (exact) mass is 414 g/mol. The Hall–Kier alpha value is -2.36. The smallest absolute Gasteiger partial charge is 0.232 e. The molecule has 0 aromatic heterocycles. The summed E-state index contributed by atoms with van der Waals surface area (Å²) < 4.78 is 10.1. The Labute approximate surface area is 182 Å². The third kappa shape index (κ3) is 8.56. The van der Waals surface area contributed by atoms with E-state index in [1.807, 2.05) is 18.2 Å². The number of ketones is 2. The molecule has 0 radical (unpaired) electrons. The molecule has 1 aliphatic carbocycles. The van der Waals surface area contributed by atoms with Gasteiger partial charge in [0.15, 0.2) is 0 Å². The van der Waals surface area contributed by atoms with Crippen LogP contribution in [0.4, 0.5) is 0 Å². The van der Waals surface area contributed by atoms with Crippen LogP contribution in [-0.2, 0) is 19.1 Å². The zero-order valence-electron chi connectivity index (χ0n) is 19.2. The van der Waals surface area contributed by atoms with E-state index in [9.17, 15) is 9.59 Å². The van der Waals surface area contributed by atoms with Gasteiger partial charge in [-0.3, -0.25) is 9.59 Å². The largest absolute Gasteiger partial charge is 0.489 e. The van der Waals surface area contributed by atoms with E-state index in [1.54, 1.807) is 19.1 Å². The van der Waals surface area contributed by atoms with Gasteiger partial charge in [-0.05, 0) is 19.8 Å². The minimum atomic E-state index is -0.336. The van der Waals surface area contributed by atoms with Gasteiger partial charge in [0, 0.05) is 11.1 Å². The highest BCUT2D eigenvalue weighted by molar-refractivity contribution is 6.24. The number of carbonyl (C=O) groups is 2. The van der Waals surface area contributed by atoms with Crippen LogP contribution in [0.3, 0.4) is 0 Å². The fraction of sp³-hybridized carbons (Fsp3) is 0.538. The Morgan fingerprint density at radius 3 is 1.83 bits per heavy atom.